The molecule has 6 unspecified atom stereocenters. The van der Waals surface area contributed by atoms with Crippen LogP contribution < -0.4 is 38.9 Å². The van der Waals surface area contributed by atoms with Gasteiger partial charge in [-0.05, 0) is 51.5 Å². The molecule has 0 spiro atoms. The molecule has 0 aliphatic rings. The second-order valence-corrected chi connectivity index (χ2v) is 8.83. The number of aliphatic imine (C=N–C) groups is 1. The van der Waals surface area contributed by atoms with Crippen molar-refractivity contribution in [3.05, 3.63) is 0 Å². The SMILES string of the molecule is CCC(C)C(NC(=O)C(N)C(C)O)C(=O)NC(CCCCN)C(=O)NC(CCCN=C(N)N)C(=O)O. The molecule has 0 rings (SSSR count). The standard InChI is InChI=1S/C22H44N8O6/c1-4-12(2)17(30-19(33)16(24)13(3)31)20(34)28-14(8-5-6-10-23)18(32)29-15(21(35)36)9-7-11-27-22(25)26/h12-17,31H,4-11,23-24H2,1-3H3,(H,28,34)(H,29,32)(H,30,33)(H,35,36)(H4,25,26,27). The van der Waals surface area contributed by atoms with E-state index in [-0.39, 0.29) is 31.3 Å². The lowest BCUT2D eigenvalue weighted by Crippen LogP contribution is -2.59. The number of guanidine groups is 1. The fourth-order valence-corrected chi connectivity index (χ4v) is 3.23. The number of nitrogens with zero attached hydrogens (tertiary/aromatic N) is 1. The summed E-state index contributed by atoms with van der Waals surface area (Å²) in [5.74, 6) is -3.68. The maximum Gasteiger partial charge on any atom is 0.326 e. The van der Waals surface area contributed by atoms with Crippen molar-refractivity contribution in [2.75, 3.05) is 13.1 Å². The van der Waals surface area contributed by atoms with Gasteiger partial charge in [-0.3, -0.25) is 19.4 Å². The number of nitrogens with two attached hydrogens (primary N) is 4. The summed E-state index contributed by atoms with van der Waals surface area (Å²) in [4.78, 5) is 53.9. The average Bonchev–Trinajstić information content (AvgIpc) is 2.81. The molecule has 0 aromatic carbocycles. The first kappa shape index (κ1) is 33.0. The normalized spacial score (nSPS) is 15.9. The van der Waals surface area contributed by atoms with Crippen LogP contribution in [0.2, 0.25) is 0 Å². The highest BCUT2D eigenvalue weighted by Gasteiger charge is 2.32. The predicted molar refractivity (Wildman–Crippen MR) is 135 cm³/mol. The lowest BCUT2D eigenvalue weighted by Gasteiger charge is -2.28. The monoisotopic (exact) mass is 516 g/mol. The van der Waals surface area contributed by atoms with Gasteiger partial charge in [-0.2, -0.15) is 0 Å². The molecule has 0 fully saturated rings. The van der Waals surface area contributed by atoms with E-state index in [1.54, 1.807) is 6.92 Å². The van der Waals surface area contributed by atoms with Gasteiger partial charge in [-0.1, -0.05) is 20.3 Å². The summed E-state index contributed by atoms with van der Waals surface area (Å²) in [5.41, 5.74) is 21.7. The van der Waals surface area contributed by atoms with Crippen molar-refractivity contribution in [3.63, 3.8) is 0 Å². The molecule has 3 amide bonds. The van der Waals surface area contributed by atoms with E-state index in [4.69, 9.17) is 22.9 Å². The number of carbonyl (C=O) groups is 4. The number of carbonyl (C=O) groups excluding carboxylic acids is 3. The largest absolute Gasteiger partial charge is 0.480 e. The third kappa shape index (κ3) is 12.7. The van der Waals surface area contributed by atoms with E-state index in [9.17, 15) is 29.4 Å². The van der Waals surface area contributed by atoms with Crippen molar-refractivity contribution >= 4 is 29.7 Å². The van der Waals surface area contributed by atoms with Crippen LogP contribution in [-0.4, -0.2) is 83.2 Å². The van der Waals surface area contributed by atoms with Crippen LogP contribution in [0.3, 0.4) is 0 Å². The Morgan fingerprint density at radius 2 is 1.47 bits per heavy atom. The molecule has 0 bridgehead atoms. The van der Waals surface area contributed by atoms with Crippen molar-refractivity contribution in [1.29, 1.82) is 0 Å². The first-order chi connectivity index (χ1) is 16.8. The van der Waals surface area contributed by atoms with Crippen LogP contribution in [0.1, 0.15) is 59.3 Å². The zero-order valence-corrected chi connectivity index (χ0v) is 21.4. The first-order valence-corrected chi connectivity index (χ1v) is 12.2. The molecular weight excluding hydrogens is 472 g/mol. The van der Waals surface area contributed by atoms with Gasteiger partial charge < -0.3 is 49.1 Å². The lowest BCUT2D eigenvalue weighted by atomic mass is 9.96. The van der Waals surface area contributed by atoms with Gasteiger partial charge in [0.2, 0.25) is 17.7 Å². The Balaban J connectivity index is 5.54. The highest BCUT2D eigenvalue weighted by atomic mass is 16.4. The number of amides is 3. The molecule has 0 saturated carbocycles. The van der Waals surface area contributed by atoms with E-state index in [0.29, 0.717) is 32.2 Å². The van der Waals surface area contributed by atoms with Gasteiger partial charge in [0.15, 0.2) is 5.96 Å². The van der Waals surface area contributed by atoms with Crippen molar-refractivity contribution in [2.24, 2.45) is 33.8 Å². The van der Waals surface area contributed by atoms with E-state index in [2.05, 4.69) is 20.9 Å². The van der Waals surface area contributed by atoms with E-state index in [0.717, 1.165) is 0 Å². The molecule has 0 aliphatic heterocycles. The minimum absolute atomic E-state index is 0.0735. The van der Waals surface area contributed by atoms with E-state index < -0.39 is 54.0 Å². The maximum atomic E-state index is 13.1. The summed E-state index contributed by atoms with van der Waals surface area (Å²) >= 11 is 0. The maximum absolute atomic E-state index is 13.1. The van der Waals surface area contributed by atoms with Crippen molar-refractivity contribution < 1.29 is 29.4 Å². The van der Waals surface area contributed by atoms with Crippen LogP contribution in [0.25, 0.3) is 0 Å². The van der Waals surface area contributed by atoms with Crippen LogP contribution >= 0.6 is 0 Å². The molecule has 208 valence electrons. The molecule has 0 aromatic heterocycles. The number of carboxylic acids is 1. The summed E-state index contributed by atoms with van der Waals surface area (Å²) in [6.45, 7) is 5.52. The lowest BCUT2D eigenvalue weighted by molar-refractivity contribution is -0.142. The Morgan fingerprint density at radius 1 is 0.889 bits per heavy atom. The van der Waals surface area contributed by atoms with Gasteiger partial charge in [0.1, 0.15) is 24.2 Å². The quantitative estimate of drug-likeness (QED) is 0.0523. The summed E-state index contributed by atoms with van der Waals surface area (Å²) in [5, 5.41) is 26.7. The molecule has 0 aliphatic carbocycles. The number of carboxylic acid groups (broad SMARTS) is 1. The van der Waals surface area contributed by atoms with Gasteiger partial charge in [-0.15, -0.1) is 0 Å². The van der Waals surface area contributed by atoms with Crippen LogP contribution in [-0.2, 0) is 19.2 Å². The molecule has 13 N–H and O–H groups in total. The Hall–Kier alpha value is -2.97. The number of nitrogens with one attached hydrogen (secondary N) is 3. The molecule has 0 heterocycles. The highest BCUT2D eigenvalue weighted by Crippen LogP contribution is 2.11. The zero-order valence-electron chi connectivity index (χ0n) is 21.4. The van der Waals surface area contributed by atoms with Gasteiger partial charge in [-0.25, -0.2) is 4.79 Å². The Morgan fingerprint density at radius 3 is 1.97 bits per heavy atom. The minimum atomic E-state index is -1.24. The highest BCUT2D eigenvalue weighted by molar-refractivity contribution is 5.94. The molecule has 36 heavy (non-hydrogen) atoms. The fourth-order valence-electron chi connectivity index (χ4n) is 3.23. The summed E-state index contributed by atoms with van der Waals surface area (Å²) in [7, 11) is 0. The molecule has 14 nitrogen and oxygen atoms in total. The van der Waals surface area contributed by atoms with Crippen molar-refractivity contribution in [2.45, 2.75) is 89.6 Å². The second kappa shape index (κ2) is 17.5. The van der Waals surface area contributed by atoms with Crippen molar-refractivity contribution in [3.8, 4) is 0 Å². The molecular formula is C22H44N8O6. The minimum Gasteiger partial charge on any atom is -0.480 e. The fraction of sp³-hybridized carbons (Fsp3) is 0.773. The second-order valence-electron chi connectivity index (χ2n) is 8.83. The zero-order chi connectivity index (χ0) is 27.8. The number of rotatable bonds is 18. The number of aliphatic carboxylic acids is 1. The summed E-state index contributed by atoms with van der Waals surface area (Å²) in [6, 6.07) is -4.53. The molecule has 0 saturated heterocycles. The summed E-state index contributed by atoms with van der Waals surface area (Å²) < 4.78 is 0. The number of aliphatic hydroxyl groups excluding tert-OH is 1. The van der Waals surface area contributed by atoms with Gasteiger partial charge >= 0.3 is 5.97 Å². The predicted octanol–water partition coefficient (Wildman–Crippen LogP) is -2.54. The molecule has 0 radical (unpaired) electrons. The molecule has 14 heteroatoms. The third-order valence-corrected chi connectivity index (χ3v) is 5.76. The van der Waals surface area contributed by atoms with E-state index in [1.807, 2.05) is 6.92 Å². The van der Waals surface area contributed by atoms with E-state index in [1.165, 1.54) is 6.92 Å². The number of aliphatic hydroxyl groups is 1. The molecule has 0 aromatic rings. The Bertz CT molecular complexity index is 744. The van der Waals surface area contributed by atoms with Crippen LogP contribution in [0, 0.1) is 5.92 Å². The van der Waals surface area contributed by atoms with Crippen LogP contribution in [0.15, 0.2) is 4.99 Å². The van der Waals surface area contributed by atoms with Crippen LogP contribution in [0.4, 0.5) is 0 Å². The smallest absolute Gasteiger partial charge is 0.326 e. The third-order valence-electron chi connectivity index (χ3n) is 5.76. The first-order valence-electron chi connectivity index (χ1n) is 12.2. The topological polar surface area (TPSA) is 261 Å². The van der Waals surface area contributed by atoms with Crippen LogP contribution in [0.5, 0.6) is 0 Å². The number of unbranched alkanes of at least 4 members (excludes halogenated alkanes) is 1. The average molecular weight is 517 g/mol. The number of hydrogen-bond acceptors (Lipinski definition) is 8. The van der Waals surface area contributed by atoms with Gasteiger partial charge in [0.25, 0.3) is 0 Å². The van der Waals surface area contributed by atoms with Gasteiger partial charge in [0, 0.05) is 6.54 Å². The van der Waals surface area contributed by atoms with Gasteiger partial charge in [0.05, 0.1) is 6.10 Å². The van der Waals surface area contributed by atoms with Crippen molar-refractivity contribution in [1.82, 2.24) is 16.0 Å². The Kier molecular flexibility index (Phi) is 16.0. The molecule has 6 atom stereocenters. The summed E-state index contributed by atoms with van der Waals surface area (Å²) in [6.07, 6.45) is 1.10. The van der Waals surface area contributed by atoms with E-state index >= 15 is 0 Å². The Labute approximate surface area is 212 Å². The number of hydrogen-bond donors (Lipinski definition) is 9.